The molecule has 4 nitrogen and oxygen atoms in total. The van der Waals surface area contributed by atoms with E-state index in [9.17, 15) is 9.59 Å². The van der Waals surface area contributed by atoms with Gasteiger partial charge in [-0.2, -0.15) is 0 Å². The van der Waals surface area contributed by atoms with Crippen LogP contribution in [0.1, 0.15) is 12.8 Å². The van der Waals surface area contributed by atoms with Crippen molar-refractivity contribution in [3.63, 3.8) is 0 Å². The molecule has 0 radical (unpaired) electrons. The predicted molar refractivity (Wildman–Crippen MR) is 40.0 cm³/mol. The molecule has 0 bridgehead atoms. The van der Waals surface area contributed by atoms with Gasteiger partial charge in [-0.1, -0.05) is 6.08 Å². The van der Waals surface area contributed by atoms with Crippen LogP contribution < -0.4 is 5.73 Å². The van der Waals surface area contributed by atoms with Crippen LogP contribution in [0.15, 0.2) is 12.2 Å². The van der Waals surface area contributed by atoms with E-state index in [-0.39, 0.29) is 0 Å². The average molecular weight is 157 g/mol. The molecule has 11 heavy (non-hydrogen) atoms. The fraction of sp³-hybridized carbons (Fsp3) is 0.429. The Balaban J connectivity index is 3.46. The van der Waals surface area contributed by atoms with Crippen molar-refractivity contribution in [2.45, 2.75) is 18.9 Å². The molecule has 3 N–H and O–H groups in total. The Bertz CT molecular complexity index is 165. The van der Waals surface area contributed by atoms with E-state index in [1.807, 2.05) is 0 Å². The highest BCUT2D eigenvalue weighted by Crippen LogP contribution is 1.94. The molecule has 0 rings (SSSR count). The van der Waals surface area contributed by atoms with Gasteiger partial charge in [0.1, 0.15) is 12.3 Å². The minimum absolute atomic E-state index is 0.361. The van der Waals surface area contributed by atoms with Gasteiger partial charge in [0.25, 0.3) is 0 Å². The van der Waals surface area contributed by atoms with Crippen molar-refractivity contribution in [2.24, 2.45) is 5.73 Å². The second-order valence-corrected chi connectivity index (χ2v) is 2.09. The molecule has 0 aliphatic heterocycles. The topological polar surface area (TPSA) is 80.4 Å². The Kier molecular flexibility index (Phi) is 5.02. The maximum atomic E-state index is 10.1. The van der Waals surface area contributed by atoms with E-state index < -0.39 is 12.0 Å². The summed E-state index contributed by atoms with van der Waals surface area (Å²) in [6.07, 6.45) is 4.45. The molecule has 0 amide bonds. The van der Waals surface area contributed by atoms with Crippen molar-refractivity contribution in [1.29, 1.82) is 0 Å². The number of hydrogen-bond donors (Lipinski definition) is 2. The molecule has 62 valence electrons. The maximum Gasteiger partial charge on any atom is 0.320 e. The lowest BCUT2D eigenvalue weighted by atomic mass is 10.1. The van der Waals surface area contributed by atoms with E-state index >= 15 is 0 Å². The molecule has 1 atom stereocenters. The molecular weight excluding hydrogens is 146 g/mol. The number of aldehydes is 1. The molecule has 0 heterocycles. The van der Waals surface area contributed by atoms with Crippen molar-refractivity contribution in [1.82, 2.24) is 0 Å². The molecule has 0 aliphatic rings. The van der Waals surface area contributed by atoms with Crippen LogP contribution in [-0.4, -0.2) is 23.4 Å². The number of rotatable bonds is 5. The van der Waals surface area contributed by atoms with Crippen LogP contribution in [-0.2, 0) is 9.59 Å². The Morgan fingerprint density at radius 2 is 2.27 bits per heavy atom. The molecule has 0 aromatic carbocycles. The summed E-state index contributed by atoms with van der Waals surface area (Å²) in [5.74, 6) is -1.01. The standard InChI is InChI=1S/C7H11NO3/c8-6(7(10)11)4-2-1-3-5-9/h1,3,5-6H,2,4,8H2,(H,10,11)/b3-1+. The summed E-state index contributed by atoms with van der Waals surface area (Å²) in [7, 11) is 0. The molecule has 4 heteroatoms. The van der Waals surface area contributed by atoms with Crippen molar-refractivity contribution < 1.29 is 14.7 Å². The van der Waals surface area contributed by atoms with E-state index in [2.05, 4.69) is 0 Å². The van der Waals surface area contributed by atoms with Gasteiger partial charge in [-0.05, 0) is 18.9 Å². The summed E-state index contributed by atoms with van der Waals surface area (Å²) in [6, 6.07) is -0.827. The number of allylic oxidation sites excluding steroid dienone is 2. The normalized spacial score (nSPS) is 13.2. The zero-order chi connectivity index (χ0) is 8.69. The summed E-state index contributed by atoms with van der Waals surface area (Å²) in [5, 5.41) is 8.32. The number of carbonyl (C=O) groups excluding carboxylic acids is 1. The molecule has 1 unspecified atom stereocenters. The summed E-state index contributed by atoms with van der Waals surface area (Å²) >= 11 is 0. The van der Waals surface area contributed by atoms with Gasteiger partial charge in [0.15, 0.2) is 0 Å². The number of nitrogens with two attached hydrogens (primary N) is 1. The summed E-state index contributed by atoms with van der Waals surface area (Å²) < 4.78 is 0. The van der Waals surface area contributed by atoms with Gasteiger partial charge in [0.05, 0.1) is 0 Å². The zero-order valence-electron chi connectivity index (χ0n) is 6.06. The number of carboxylic acid groups (broad SMARTS) is 1. The highest BCUT2D eigenvalue weighted by Gasteiger charge is 2.08. The minimum Gasteiger partial charge on any atom is -0.480 e. The van der Waals surface area contributed by atoms with Gasteiger partial charge in [-0.15, -0.1) is 0 Å². The Labute approximate surface area is 64.7 Å². The third-order valence-electron chi connectivity index (χ3n) is 1.18. The largest absolute Gasteiger partial charge is 0.480 e. The van der Waals surface area contributed by atoms with E-state index in [0.717, 1.165) is 0 Å². The van der Waals surface area contributed by atoms with E-state index in [0.29, 0.717) is 19.1 Å². The van der Waals surface area contributed by atoms with Crippen LogP contribution in [0.4, 0.5) is 0 Å². The van der Waals surface area contributed by atoms with Crippen LogP contribution in [0.3, 0.4) is 0 Å². The molecule has 0 saturated heterocycles. The van der Waals surface area contributed by atoms with E-state index in [4.69, 9.17) is 10.8 Å². The fourth-order valence-corrected chi connectivity index (χ4v) is 0.551. The van der Waals surface area contributed by atoms with E-state index in [1.54, 1.807) is 6.08 Å². The highest BCUT2D eigenvalue weighted by molar-refractivity contribution is 5.73. The van der Waals surface area contributed by atoms with Gasteiger partial charge >= 0.3 is 5.97 Å². The molecule has 0 spiro atoms. The first-order chi connectivity index (χ1) is 5.18. The Morgan fingerprint density at radius 1 is 1.64 bits per heavy atom. The number of carbonyl (C=O) groups is 2. The first-order valence-electron chi connectivity index (χ1n) is 3.27. The van der Waals surface area contributed by atoms with Gasteiger partial charge in [-0.25, -0.2) is 0 Å². The van der Waals surface area contributed by atoms with Crippen LogP contribution in [0.25, 0.3) is 0 Å². The first kappa shape index (κ1) is 9.84. The first-order valence-corrected chi connectivity index (χ1v) is 3.27. The average Bonchev–Trinajstić information content (AvgIpc) is 1.97. The van der Waals surface area contributed by atoms with Gasteiger partial charge < -0.3 is 10.8 Å². The van der Waals surface area contributed by atoms with Crippen molar-refractivity contribution >= 4 is 12.3 Å². The van der Waals surface area contributed by atoms with Crippen molar-refractivity contribution in [3.05, 3.63) is 12.2 Å². The molecule has 0 saturated carbocycles. The smallest absolute Gasteiger partial charge is 0.320 e. The molecule has 0 fully saturated rings. The quantitative estimate of drug-likeness (QED) is 0.432. The lowest BCUT2D eigenvalue weighted by molar-refractivity contribution is -0.138. The summed E-state index contributed by atoms with van der Waals surface area (Å²) in [4.78, 5) is 19.9. The Morgan fingerprint density at radius 3 is 2.73 bits per heavy atom. The number of carboxylic acids is 1. The monoisotopic (exact) mass is 157 g/mol. The van der Waals surface area contributed by atoms with Gasteiger partial charge in [0.2, 0.25) is 0 Å². The summed E-state index contributed by atoms with van der Waals surface area (Å²) in [5.41, 5.74) is 5.18. The SMILES string of the molecule is NC(CC/C=C/C=O)C(=O)O. The van der Waals surface area contributed by atoms with Crippen molar-refractivity contribution in [3.8, 4) is 0 Å². The number of aliphatic carboxylic acids is 1. The van der Waals surface area contributed by atoms with Crippen LogP contribution in [0.5, 0.6) is 0 Å². The van der Waals surface area contributed by atoms with Gasteiger partial charge in [0, 0.05) is 0 Å². The lowest BCUT2D eigenvalue weighted by Crippen LogP contribution is -2.29. The number of hydrogen-bond acceptors (Lipinski definition) is 3. The second kappa shape index (κ2) is 5.61. The van der Waals surface area contributed by atoms with Crippen LogP contribution in [0, 0.1) is 0 Å². The second-order valence-electron chi connectivity index (χ2n) is 2.09. The minimum atomic E-state index is -1.01. The maximum absolute atomic E-state index is 10.1. The molecule has 0 aromatic heterocycles. The fourth-order valence-electron chi connectivity index (χ4n) is 0.551. The van der Waals surface area contributed by atoms with Crippen LogP contribution >= 0.6 is 0 Å². The molecular formula is C7H11NO3. The van der Waals surface area contributed by atoms with Gasteiger partial charge in [-0.3, -0.25) is 9.59 Å². The third-order valence-corrected chi connectivity index (χ3v) is 1.18. The van der Waals surface area contributed by atoms with E-state index in [1.165, 1.54) is 6.08 Å². The summed E-state index contributed by atoms with van der Waals surface area (Å²) in [6.45, 7) is 0. The van der Waals surface area contributed by atoms with Crippen molar-refractivity contribution in [2.75, 3.05) is 0 Å². The van der Waals surface area contributed by atoms with Crippen LogP contribution in [0.2, 0.25) is 0 Å². The lowest BCUT2D eigenvalue weighted by Gasteiger charge is -2.01. The molecule has 0 aliphatic carbocycles. The third kappa shape index (κ3) is 5.29. The zero-order valence-corrected chi connectivity index (χ0v) is 6.06. The Hall–Kier alpha value is -1.16. The highest BCUT2D eigenvalue weighted by atomic mass is 16.4. The molecule has 0 aromatic rings. The predicted octanol–water partition coefficient (Wildman–Crippen LogP) is -0.0664.